The Hall–Kier alpha value is -0.850. The molecule has 0 amide bonds. The van der Waals surface area contributed by atoms with E-state index in [0.29, 0.717) is 6.61 Å². The van der Waals surface area contributed by atoms with Gasteiger partial charge in [0.25, 0.3) is 0 Å². The molecule has 1 unspecified atom stereocenters. The first-order chi connectivity index (χ1) is 6.24. The second-order valence-electron chi connectivity index (χ2n) is 2.71. The lowest BCUT2D eigenvalue weighted by molar-refractivity contribution is 0.0923. The van der Waals surface area contributed by atoms with E-state index >= 15 is 0 Å². The van der Waals surface area contributed by atoms with E-state index in [-0.39, 0.29) is 6.10 Å². The van der Waals surface area contributed by atoms with E-state index in [1.807, 2.05) is 26.2 Å². The molecule has 13 heavy (non-hydrogen) atoms. The van der Waals surface area contributed by atoms with Crippen LogP contribution in [-0.4, -0.2) is 11.6 Å². The Morgan fingerprint density at radius 3 is 3.00 bits per heavy atom. The fourth-order valence-electron chi connectivity index (χ4n) is 0.869. The van der Waals surface area contributed by atoms with Gasteiger partial charge in [-0.25, -0.2) is 4.98 Å². The first-order valence-corrected chi connectivity index (χ1v) is 5.05. The Morgan fingerprint density at radius 2 is 2.46 bits per heavy atom. The van der Waals surface area contributed by atoms with Crippen LogP contribution >= 0.6 is 11.3 Å². The first-order valence-electron chi connectivity index (χ1n) is 4.17. The zero-order valence-corrected chi connectivity index (χ0v) is 8.94. The molecule has 2 nitrogen and oxygen atoms in total. The molecule has 70 valence electrons. The standard InChI is InChI=1S/C10H13NOS/c1-4-5-6-12-9(3)10-11-8(2)7-13-10/h7,9H,6H2,1-3H3. The van der Waals surface area contributed by atoms with Gasteiger partial charge in [0.1, 0.15) is 17.7 Å². The summed E-state index contributed by atoms with van der Waals surface area (Å²) in [6.45, 7) is 6.27. The van der Waals surface area contributed by atoms with E-state index in [4.69, 9.17) is 4.74 Å². The zero-order chi connectivity index (χ0) is 9.68. The van der Waals surface area contributed by atoms with E-state index in [1.165, 1.54) is 0 Å². The number of rotatable bonds is 3. The first kappa shape index (κ1) is 10.2. The van der Waals surface area contributed by atoms with Gasteiger partial charge in [-0.15, -0.1) is 17.3 Å². The Morgan fingerprint density at radius 1 is 1.69 bits per heavy atom. The van der Waals surface area contributed by atoms with Crippen LogP contribution in [0, 0.1) is 18.8 Å². The van der Waals surface area contributed by atoms with E-state index < -0.39 is 0 Å². The zero-order valence-electron chi connectivity index (χ0n) is 8.13. The van der Waals surface area contributed by atoms with Gasteiger partial charge in [-0.1, -0.05) is 5.92 Å². The van der Waals surface area contributed by atoms with Gasteiger partial charge in [0, 0.05) is 11.1 Å². The van der Waals surface area contributed by atoms with Crippen molar-refractivity contribution in [3.8, 4) is 11.8 Å². The van der Waals surface area contributed by atoms with E-state index in [0.717, 1.165) is 10.7 Å². The maximum Gasteiger partial charge on any atom is 0.122 e. The molecule has 1 heterocycles. The van der Waals surface area contributed by atoms with Crippen molar-refractivity contribution in [1.29, 1.82) is 0 Å². The van der Waals surface area contributed by atoms with Crippen molar-refractivity contribution in [3.05, 3.63) is 16.1 Å². The number of hydrogen-bond acceptors (Lipinski definition) is 3. The highest BCUT2D eigenvalue weighted by Gasteiger charge is 2.08. The second-order valence-corrected chi connectivity index (χ2v) is 3.60. The molecule has 0 spiro atoms. The fourth-order valence-corrected chi connectivity index (χ4v) is 1.67. The predicted octanol–water partition coefficient (Wildman–Crippen LogP) is 2.55. The van der Waals surface area contributed by atoms with Crippen LogP contribution in [0.25, 0.3) is 0 Å². The van der Waals surface area contributed by atoms with Gasteiger partial charge < -0.3 is 4.74 Å². The minimum atomic E-state index is 0.0551. The van der Waals surface area contributed by atoms with Gasteiger partial charge in [0.15, 0.2) is 0 Å². The third kappa shape index (κ3) is 3.17. The number of ether oxygens (including phenoxy) is 1. The molecule has 0 aromatic carbocycles. The van der Waals surface area contributed by atoms with Crippen LogP contribution in [0.15, 0.2) is 5.38 Å². The molecule has 0 N–H and O–H groups in total. The van der Waals surface area contributed by atoms with Crippen LogP contribution in [0.4, 0.5) is 0 Å². The summed E-state index contributed by atoms with van der Waals surface area (Å²) in [5, 5.41) is 3.05. The van der Waals surface area contributed by atoms with E-state index in [2.05, 4.69) is 16.8 Å². The quantitative estimate of drug-likeness (QED) is 0.691. The predicted molar refractivity (Wildman–Crippen MR) is 54.7 cm³/mol. The summed E-state index contributed by atoms with van der Waals surface area (Å²) in [5.74, 6) is 5.65. The highest BCUT2D eigenvalue weighted by Crippen LogP contribution is 2.20. The summed E-state index contributed by atoms with van der Waals surface area (Å²) >= 11 is 1.63. The number of aryl methyl sites for hydroxylation is 1. The lowest BCUT2D eigenvalue weighted by atomic mass is 10.4. The number of aromatic nitrogens is 1. The Bertz CT molecular complexity index is 321. The number of hydrogen-bond donors (Lipinski definition) is 0. The smallest absolute Gasteiger partial charge is 0.122 e. The highest BCUT2D eigenvalue weighted by molar-refractivity contribution is 7.09. The maximum atomic E-state index is 5.46. The molecule has 0 aliphatic heterocycles. The van der Waals surface area contributed by atoms with Crippen molar-refractivity contribution >= 4 is 11.3 Å². The topological polar surface area (TPSA) is 22.1 Å². The number of nitrogens with zero attached hydrogens (tertiary/aromatic N) is 1. The largest absolute Gasteiger partial charge is 0.359 e. The van der Waals surface area contributed by atoms with E-state index in [9.17, 15) is 0 Å². The monoisotopic (exact) mass is 195 g/mol. The van der Waals surface area contributed by atoms with Gasteiger partial charge in [0.05, 0.1) is 0 Å². The maximum absolute atomic E-state index is 5.46. The molecule has 1 aromatic heterocycles. The van der Waals surface area contributed by atoms with Crippen molar-refractivity contribution < 1.29 is 4.74 Å². The highest BCUT2D eigenvalue weighted by atomic mass is 32.1. The lowest BCUT2D eigenvalue weighted by Crippen LogP contribution is -1.99. The van der Waals surface area contributed by atoms with Gasteiger partial charge in [0.2, 0.25) is 0 Å². The Labute approximate surface area is 83.0 Å². The van der Waals surface area contributed by atoms with Crippen LogP contribution < -0.4 is 0 Å². The molecule has 1 atom stereocenters. The molecule has 3 heteroatoms. The Balaban J connectivity index is 2.47. The summed E-state index contributed by atoms with van der Waals surface area (Å²) in [6.07, 6.45) is 0.0551. The van der Waals surface area contributed by atoms with Crippen molar-refractivity contribution in [3.63, 3.8) is 0 Å². The van der Waals surface area contributed by atoms with Crippen LogP contribution in [0.3, 0.4) is 0 Å². The molecule has 0 fully saturated rings. The fraction of sp³-hybridized carbons (Fsp3) is 0.500. The Kier molecular flexibility index (Phi) is 3.94. The molecule has 1 rings (SSSR count). The summed E-state index contributed by atoms with van der Waals surface area (Å²) in [5.41, 5.74) is 1.05. The van der Waals surface area contributed by atoms with Gasteiger partial charge in [-0.2, -0.15) is 0 Å². The van der Waals surface area contributed by atoms with Crippen molar-refractivity contribution in [2.24, 2.45) is 0 Å². The van der Waals surface area contributed by atoms with Crippen LogP contribution in [0.1, 0.15) is 30.7 Å². The van der Waals surface area contributed by atoms with Gasteiger partial charge in [-0.3, -0.25) is 0 Å². The average Bonchev–Trinajstić information content (AvgIpc) is 2.52. The van der Waals surface area contributed by atoms with Crippen molar-refractivity contribution in [2.75, 3.05) is 6.61 Å². The van der Waals surface area contributed by atoms with Crippen molar-refractivity contribution in [1.82, 2.24) is 4.98 Å². The summed E-state index contributed by atoms with van der Waals surface area (Å²) in [4.78, 5) is 4.33. The molecular weight excluding hydrogens is 182 g/mol. The molecule has 0 aliphatic carbocycles. The third-order valence-corrected chi connectivity index (χ3v) is 2.69. The van der Waals surface area contributed by atoms with Crippen molar-refractivity contribution in [2.45, 2.75) is 26.9 Å². The molecule has 0 aliphatic rings. The van der Waals surface area contributed by atoms with E-state index in [1.54, 1.807) is 11.3 Å². The molecule has 0 radical (unpaired) electrons. The van der Waals surface area contributed by atoms with Gasteiger partial charge in [-0.05, 0) is 20.8 Å². The lowest BCUT2D eigenvalue weighted by Gasteiger charge is -2.06. The molecule has 0 bridgehead atoms. The molecule has 1 aromatic rings. The van der Waals surface area contributed by atoms with Crippen LogP contribution in [-0.2, 0) is 4.74 Å². The average molecular weight is 195 g/mol. The minimum absolute atomic E-state index is 0.0551. The minimum Gasteiger partial charge on any atom is -0.359 e. The SMILES string of the molecule is CC#CCOC(C)c1nc(C)cs1. The summed E-state index contributed by atoms with van der Waals surface area (Å²) in [7, 11) is 0. The van der Waals surface area contributed by atoms with Crippen LogP contribution in [0.2, 0.25) is 0 Å². The molecular formula is C10H13NOS. The second kappa shape index (κ2) is 5.00. The summed E-state index contributed by atoms with van der Waals surface area (Å²) in [6, 6.07) is 0. The third-order valence-electron chi connectivity index (χ3n) is 1.57. The molecule has 0 saturated heterocycles. The summed E-state index contributed by atoms with van der Waals surface area (Å²) < 4.78 is 5.46. The number of thiazole rings is 1. The molecule has 0 saturated carbocycles. The normalized spacial score (nSPS) is 11.9. The van der Waals surface area contributed by atoms with Gasteiger partial charge >= 0.3 is 0 Å². The van der Waals surface area contributed by atoms with Crippen LogP contribution in [0.5, 0.6) is 0 Å².